The van der Waals surface area contributed by atoms with Crippen molar-refractivity contribution in [2.24, 2.45) is 17.8 Å². The number of nitrogens with one attached hydrogen (secondary N) is 4. The van der Waals surface area contributed by atoms with E-state index in [1.54, 1.807) is 24.8 Å². The molecule has 12 aromatic rings. The summed E-state index contributed by atoms with van der Waals surface area (Å²) in [6.45, 7) is 9.33. The molecule has 550 valence electrons. The maximum atomic E-state index is 12.7. The Balaban J connectivity index is 0.000000154. The van der Waals surface area contributed by atoms with E-state index in [-0.39, 0.29) is 61.9 Å². The molecule has 1 unspecified atom stereocenters. The Morgan fingerprint density at radius 1 is 0.370 bits per heavy atom. The third-order valence-electron chi connectivity index (χ3n) is 17.9. The van der Waals surface area contributed by atoms with E-state index in [9.17, 15) is 34.5 Å². The number of anilines is 4. The van der Waals surface area contributed by atoms with Crippen LogP contribution in [0.4, 0.5) is 23.3 Å². The Morgan fingerprint density at radius 3 is 0.935 bits per heavy atom. The fraction of sp³-hybridized carbons (Fsp3) is 0.227. The average molecular weight is 1440 g/mol. The molecule has 1 atom stereocenters. The number of carbonyl (C=O) groups is 4. The highest BCUT2D eigenvalue weighted by molar-refractivity contribution is 5.96. The van der Waals surface area contributed by atoms with Crippen molar-refractivity contribution in [1.29, 1.82) is 0 Å². The number of hydrogen-bond donors (Lipinski definition) is 8. The van der Waals surface area contributed by atoms with Crippen molar-refractivity contribution in [3.05, 3.63) is 265 Å². The number of hydrogen-bond acceptors (Lipinski definition) is 16. The second-order valence-electron chi connectivity index (χ2n) is 26.6. The van der Waals surface area contributed by atoms with E-state index >= 15 is 0 Å². The molecule has 1 fully saturated rings. The lowest BCUT2D eigenvalue weighted by molar-refractivity contribution is -0.119. The van der Waals surface area contributed by atoms with Crippen LogP contribution in [0.5, 0.6) is 0 Å². The Kier molecular flexibility index (Phi) is 28.9. The molecular weight excluding hydrogens is 1350 g/mol. The Labute approximate surface area is 630 Å². The normalized spacial score (nSPS) is 12.0. The zero-order chi connectivity index (χ0) is 76.2. The number of nitrogens with zero attached hydrogens (tertiary/aromatic N) is 8. The molecule has 20 heteroatoms. The zero-order valence-electron chi connectivity index (χ0n) is 61.3. The predicted octanol–water partition coefficient (Wildman–Crippen LogP) is 17.0. The summed E-state index contributed by atoms with van der Waals surface area (Å²) in [5.41, 5.74) is 15.9. The van der Waals surface area contributed by atoms with Gasteiger partial charge in [-0.1, -0.05) is 265 Å². The number of amides is 4. The molecule has 0 aliphatic heterocycles. The monoisotopic (exact) mass is 1440 g/mol. The largest absolute Gasteiger partial charge is 0.392 e. The summed E-state index contributed by atoms with van der Waals surface area (Å²) in [4.78, 5) is 85.6. The van der Waals surface area contributed by atoms with E-state index in [1.165, 1.54) is 26.2 Å². The highest BCUT2D eigenvalue weighted by atomic mass is 16.3. The molecule has 4 heterocycles. The fourth-order valence-corrected chi connectivity index (χ4v) is 11.8. The van der Waals surface area contributed by atoms with Gasteiger partial charge < -0.3 is 41.7 Å². The molecule has 8 aromatic carbocycles. The van der Waals surface area contributed by atoms with Crippen LogP contribution in [-0.4, -0.2) is 83.9 Å². The minimum atomic E-state index is -0.193. The standard InChI is InChI=1S/C25H27N3O2.2C22H23N3O2.C19H17N3O2/c29-17-19-11-13-20(14-12-19)22-16-26-25(24(27-22)21-9-5-2-6-10-21)28-23(30)15-18-7-3-1-4-8-18;1-15(2)12-20(27)25-22-21(18-6-4-3-5-7-18)24-19(13-23-22)17-10-8-16(14-26)9-11-17;1-3-15(2)22(27)25-21-20(18-7-5-4-6-8-18)24-19(13-23-21)17-11-9-16(14-26)10-12-17;1-13(24)21-19-18(16-5-3-2-4-6-16)22-17(11-20-19)15-9-7-14(12-23)8-10-15/h2,5-6,9-14,16,18,29H,1,3-4,7-8,15,17H2,(H,26,28,30);3-11,13,15,26H,12,14H2,1-2H3,(H,23,25,27);4-13,15,26H,3,14H2,1-2H3,(H,23,25,27);2-11,23H,12H2,1H3,(H,20,21,24). The molecule has 20 nitrogen and oxygen atoms in total. The van der Waals surface area contributed by atoms with Gasteiger partial charge in [-0.05, 0) is 53.4 Å². The number of rotatable bonds is 22. The molecule has 0 spiro atoms. The Morgan fingerprint density at radius 2 is 0.657 bits per heavy atom. The van der Waals surface area contributed by atoms with Gasteiger partial charge >= 0.3 is 0 Å². The Bertz CT molecular complexity index is 4880. The van der Waals surface area contributed by atoms with E-state index in [1.807, 2.05) is 246 Å². The molecule has 0 bridgehead atoms. The maximum Gasteiger partial charge on any atom is 0.228 e. The van der Waals surface area contributed by atoms with Crippen LogP contribution in [-0.2, 0) is 45.6 Å². The van der Waals surface area contributed by atoms with Crippen LogP contribution in [0, 0.1) is 17.8 Å². The lowest BCUT2D eigenvalue weighted by Crippen LogP contribution is -2.21. The van der Waals surface area contributed by atoms with Crippen molar-refractivity contribution in [3.63, 3.8) is 0 Å². The second kappa shape index (κ2) is 39.8. The summed E-state index contributed by atoms with van der Waals surface area (Å²) in [6, 6.07) is 68.9. The van der Waals surface area contributed by atoms with Crippen LogP contribution in [0.15, 0.2) is 243 Å². The summed E-state index contributed by atoms with van der Waals surface area (Å²) in [5.74, 6) is 2.17. The molecule has 0 saturated heterocycles. The van der Waals surface area contributed by atoms with Crippen LogP contribution < -0.4 is 21.3 Å². The van der Waals surface area contributed by atoms with E-state index < -0.39 is 0 Å². The first-order valence-corrected chi connectivity index (χ1v) is 36.3. The third-order valence-corrected chi connectivity index (χ3v) is 17.9. The lowest BCUT2D eigenvalue weighted by atomic mass is 9.87. The van der Waals surface area contributed by atoms with Crippen LogP contribution in [0.25, 0.3) is 90.1 Å². The van der Waals surface area contributed by atoms with E-state index in [0.29, 0.717) is 81.9 Å². The summed E-state index contributed by atoms with van der Waals surface area (Å²) >= 11 is 0. The summed E-state index contributed by atoms with van der Waals surface area (Å²) < 4.78 is 0. The van der Waals surface area contributed by atoms with Gasteiger partial charge in [-0.3, -0.25) is 19.2 Å². The quantitative estimate of drug-likeness (QED) is 0.0313. The van der Waals surface area contributed by atoms with Crippen molar-refractivity contribution < 1.29 is 39.6 Å². The number of aliphatic hydroxyl groups excluding tert-OH is 4. The van der Waals surface area contributed by atoms with E-state index in [0.717, 1.165) is 91.7 Å². The molecule has 4 amide bonds. The van der Waals surface area contributed by atoms with Gasteiger partial charge in [-0.15, -0.1) is 0 Å². The molecule has 108 heavy (non-hydrogen) atoms. The highest BCUT2D eigenvalue weighted by Gasteiger charge is 2.22. The SMILES string of the molecule is CC(=O)Nc1ncc(-c2ccc(CO)cc2)nc1-c1ccccc1.CC(C)CC(=O)Nc1ncc(-c2ccc(CO)cc2)nc1-c1ccccc1.CCC(C)C(=O)Nc1ncc(-c2ccc(CO)cc2)nc1-c1ccccc1.O=C(CC1CCCCC1)Nc1ncc(-c2ccc(CO)cc2)nc1-c1ccccc1. The summed E-state index contributed by atoms with van der Waals surface area (Å²) in [7, 11) is 0. The number of carbonyl (C=O) groups excluding carboxylic acids is 4. The van der Waals surface area contributed by atoms with E-state index in [4.69, 9.17) is 20.1 Å². The Hall–Kier alpha value is -12.2. The van der Waals surface area contributed by atoms with Crippen molar-refractivity contribution in [2.75, 3.05) is 21.3 Å². The highest BCUT2D eigenvalue weighted by Crippen LogP contribution is 2.34. The smallest absolute Gasteiger partial charge is 0.228 e. The van der Waals surface area contributed by atoms with Gasteiger partial charge in [0.15, 0.2) is 23.3 Å². The molecule has 13 rings (SSSR count). The fourth-order valence-electron chi connectivity index (χ4n) is 11.8. The van der Waals surface area contributed by atoms with Gasteiger partial charge in [0.1, 0.15) is 22.8 Å². The van der Waals surface area contributed by atoms with Crippen LogP contribution in [0.2, 0.25) is 0 Å². The number of aliphatic hydroxyl groups is 4. The zero-order valence-corrected chi connectivity index (χ0v) is 61.3. The first kappa shape index (κ1) is 78.4. The van der Waals surface area contributed by atoms with Gasteiger partial charge in [-0.2, -0.15) is 0 Å². The van der Waals surface area contributed by atoms with Crippen molar-refractivity contribution in [1.82, 2.24) is 39.9 Å². The van der Waals surface area contributed by atoms with Gasteiger partial charge in [0, 0.05) is 70.2 Å². The molecule has 8 N–H and O–H groups in total. The number of aromatic nitrogens is 8. The number of benzene rings is 8. The van der Waals surface area contributed by atoms with Crippen LogP contribution >= 0.6 is 0 Å². The minimum Gasteiger partial charge on any atom is -0.392 e. The maximum absolute atomic E-state index is 12.7. The van der Waals surface area contributed by atoms with Crippen LogP contribution in [0.1, 0.15) is 108 Å². The first-order valence-electron chi connectivity index (χ1n) is 36.3. The molecular formula is C88H90N12O8. The van der Waals surface area contributed by atoms with Crippen molar-refractivity contribution in [2.45, 2.75) is 112 Å². The van der Waals surface area contributed by atoms with Gasteiger partial charge in [-0.25, -0.2) is 39.9 Å². The summed E-state index contributed by atoms with van der Waals surface area (Å²) in [5, 5.41) is 48.4. The van der Waals surface area contributed by atoms with Gasteiger partial charge in [0.25, 0.3) is 0 Å². The minimum absolute atomic E-state index is 0.00179. The topological polar surface area (TPSA) is 300 Å². The molecule has 0 radical (unpaired) electrons. The van der Waals surface area contributed by atoms with Gasteiger partial charge in [0.05, 0.1) is 74.0 Å². The lowest BCUT2D eigenvalue weighted by Gasteiger charge is -2.21. The summed E-state index contributed by atoms with van der Waals surface area (Å²) in [6.07, 6.45) is 14.4. The van der Waals surface area contributed by atoms with Crippen molar-refractivity contribution >= 4 is 46.9 Å². The molecule has 1 saturated carbocycles. The molecule has 4 aromatic heterocycles. The third kappa shape index (κ3) is 22.4. The molecule has 1 aliphatic carbocycles. The molecule has 1 aliphatic rings. The van der Waals surface area contributed by atoms with E-state index in [2.05, 4.69) is 46.2 Å². The predicted molar refractivity (Wildman–Crippen MR) is 426 cm³/mol. The van der Waals surface area contributed by atoms with Gasteiger partial charge in [0.2, 0.25) is 23.6 Å². The second-order valence-corrected chi connectivity index (χ2v) is 26.6. The first-order chi connectivity index (χ1) is 52.6. The van der Waals surface area contributed by atoms with Crippen molar-refractivity contribution in [3.8, 4) is 90.1 Å². The average Bonchev–Trinajstić information content (AvgIpc) is 0.824. The van der Waals surface area contributed by atoms with Crippen LogP contribution in [0.3, 0.4) is 0 Å².